The second-order valence-corrected chi connectivity index (χ2v) is 2.41. The molecule has 0 aliphatic heterocycles. The van der Waals surface area contributed by atoms with E-state index in [0.29, 0.717) is 6.54 Å². The molecule has 0 aliphatic carbocycles. The van der Waals surface area contributed by atoms with Crippen molar-refractivity contribution in [1.29, 1.82) is 0 Å². The van der Waals surface area contributed by atoms with Crippen LogP contribution in [0.4, 0.5) is 0 Å². The van der Waals surface area contributed by atoms with Gasteiger partial charge in [-0.15, -0.1) is 0 Å². The van der Waals surface area contributed by atoms with Gasteiger partial charge in [-0.05, 0) is 6.42 Å². The fraction of sp³-hybridized carbons (Fsp3) is 0.571. The first-order valence-corrected chi connectivity index (χ1v) is 3.74. The van der Waals surface area contributed by atoms with Crippen LogP contribution in [0.2, 0.25) is 0 Å². The largest absolute Gasteiger partial charge is 0.333 e. The quantitative estimate of drug-likeness (QED) is 0.631. The van der Waals surface area contributed by atoms with Crippen LogP contribution in [0.1, 0.15) is 19.0 Å². The minimum Gasteiger partial charge on any atom is -0.333 e. The summed E-state index contributed by atoms with van der Waals surface area (Å²) >= 11 is 0. The Hall–Kier alpha value is -0.870. The number of hydrogen-bond donors (Lipinski definition) is 2. The third kappa shape index (κ3) is 2.03. The van der Waals surface area contributed by atoms with E-state index in [-0.39, 0.29) is 0 Å². The summed E-state index contributed by atoms with van der Waals surface area (Å²) in [5.74, 6) is 0. The Labute approximate surface area is 65.8 Å². The highest BCUT2D eigenvalue weighted by Crippen LogP contribution is 1.99. The van der Waals surface area contributed by atoms with Crippen molar-refractivity contribution in [1.82, 2.24) is 15.0 Å². The lowest BCUT2D eigenvalue weighted by Gasteiger charge is -2.03. The van der Waals surface area contributed by atoms with Gasteiger partial charge in [0.1, 0.15) is 0 Å². The molecule has 62 valence electrons. The molecule has 0 fully saturated rings. The van der Waals surface area contributed by atoms with Gasteiger partial charge in [0.15, 0.2) is 0 Å². The fourth-order valence-electron chi connectivity index (χ4n) is 1.02. The monoisotopic (exact) mass is 155 g/mol. The average Bonchev–Trinajstić information content (AvgIpc) is 2.39. The Bertz CT molecular complexity index is 189. The predicted molar refractivity (Wildman–Crippen MR) is 41.1 cm³/mol. The summed E-state index contributed by atoms with van der Waals surface area (Å²) < 4.78 is 2.02. The molecule has 2 N–H and O–H groups in total. The number of nitrogens with one attached hydrogen (secondary N) is 1. The Morgan fingerprint density at radius 1 is 1.73 bits per heavy atom. The van der Waals surface area contributed by atoms with Crippen molar-refractivity contribution in [3.8, 4) is 0 Å². The molecule has 0 saturated carbocycles. The van der Waals surface area contributed by atoms with Gasteiger partial charge >= 0.3 is 0 Å². The van der Waals surface area contributed by atoms with Crippen LogP contribution in [0.25, 0.3) is 0 Å². The summed E-state index contributed by atoms with van der Waals surface area (Å²) in [4.78, 5) is 3.97. The van der Waals surface area contributed by atoms with Crippen molar-refractivity contribution in [3.05, 3.63) is 18.2 Å². The van der Waals surface area contributed by atoms with E-state index in [4.69, 9.17) is 5.21 Å². The zero-order valence-electron chi connectivity index (χ0n) is 6.62. The van der Waals surface area contributed by atoms with Gasteiger partial charge in [0.2, 0.25) is 0 Å². The number of rotatable bonds is 4. The minimum absolute atomic E-state index is 0.458. The second kappa shape index (κ2) is 4.10. The van der Waals surface area contributed by atoms with E-state index < -0.39 is 0 Å². The van der Waals surface area contributed by atoms with Gasteiger partial charge in [-0.1, -0.05) is 6.92 Å². The Kier molecular flexibility index (Phi) is 3.07. The van der Waals surface area contributed by atoms with E-state index in [2.05, 4.69) is 17.4 Å². The van der Waals surface area contributed by atoms with Crippen LogP contribution in [0.5, 0.6) is 0 Å². The Balaban J connectivity index is 2.62. The highest BCUT2D eigenvalue weighted by molar-refractivity contribution is 4.96. The topological polar surface area (TPSA) is 50.1 Å². The van der Waals surface area contributed by atoms with Gasteiger partial charge < -0.3 is 9.77 Å². The number of hydroxylamine groups is 1. The molecule has 1 aromatic rings. The molecule has 0 aromatic carbocycles. The predicted octanol–water partition coefficient (Wildman–Crippen LogP) is 0.772. The lowest BCUT2D eigenvalue weighted by atomic mass is 10.4. The Morgan fingerprint density at radius 3 is 3.18 bits per heavy atom. The third-order valence-corrected chi connectivity index (χ3v) is 1.52. The van der Waals surface area contributed by atoms with Crippen LogP contribution in [0.15, 0.2) is 12.5 Å². The number of aromatic nitrogens is 2. The minimum atomic E-state index is 0.458. The molecule has 0 spiro atoms. The number of nitrogens with zero attached hydrogens (tertiary/aromatic N) is 2. The van der Waals surface area contributed by atoms with Gasteiger partial charge in [0, 0.05) is 12.7 Å². The first kappa shape index (κ1) is 8.23. The van der Waals surface area contributed by atoms with E-state index in [1.54, 1.807) is 12.5 Å². The van der Waals surface area contributed by atoms with E-state index in [9.17, 15) is 0 Å². The van der Waals surface area contributed by atoms with E-state index >= 15 is 0 Å². The van der Waals surface area contributed by atoms with Crippen molar-refractivity contribution >= 4 is 0 Å². The zero-order valence-corrected chi connectivity index (χ0v) is 6.62. The number of aryl methyl sites for hydroxylation is 1. The highest BCUT2D eigenvalue weighted by atomic mass is 16.5. The van der Waals surface area contributed by atoms with E-state index in [1.165, 1.54) is 0 Å². The molecular formula is C7H13N3O. The van der Waals surface area contributed by atoms with Crippen LogP contribution < -0.4 is 5.48 Å². The molecule has 11 heavy (non-hydrogen) atoms. The van der Waals surface area contributed by atoms with Crippen LogP contribution >= 0.6 is 0 Å². The molecule has 0 unspecified atom stereocenters. The van der Waals surface area contributed by atoms with Crippen molar-refractivity contribution < 1.29 is 5.21 Å². The average molecular weight is 155 g/mol. The maximum absolute atomic E-state index is 8.44. The van der Waals surface area contributed by atoms with Gasteiger partial charge in [-0.2, -0.15) is 5.48 Å². The maximum atomic E-state index is 8.44. The SMILES string of the molecule is CCCn1cncc1CNO. The summed E-state index contributed by atoms with van der Waals surface area (Å²) in [7, 11) is 0. The van der Waals surface area contributed by atoms with Crippen molar-refractivity contribution in [3.63, 3.8) is 0 Å². The summed E-state index contributed by atoms with van der Waals surface area (Å²) in [5.41, 5.74) is 3.12. The lowest BCUT2D eigenvalue weighted by Crippen LogP contribution is -2.11. The van der Waals surface area contributed by atoms with Crippen molar-refractivity contribution in [2.45, 2.75) is 26.4 Å². The molecule has 0 atom stereocenters. The molecule has 1 rings (SSSR count). The Morgan fingerprint density at radius 2 is 2.55 bits per heavy atom. The van der Waals surface area contributed by atoms with Crippen molar-refractivity contribution in [2.75, 3.05) is 0 Å². The molecule has 0 bridgehead atoms. The zero-order chi connectivity index (χ0) is 8.10. The van der Waals surface area contributed by atoms with Crippen LogP contribution in [0.3, 0.4) is 0 Å². The molecule has 0 aliphatic rings. The molecule has 0 radical (unpaired) electrons. The number of hydrogen-bond acceptors (Lipinski definition) is 3. The molecule has 4 heteroatoms. The van der Waals surface area contributed by atoms with Gasteiger partial charge in [0.25, 0.3) is 0 Å². The lowest BCUT2D eigenvalue weighted by molar-refractivity contribution is 0.158. The second-order valence-electron chi connectivity index (χ2n) is 2.41. The maximum Gasteiger partial charge on any atom is 0.0948 e. The first-order chi connectivity index (χ1) is 5.38. The molecule has 1 heterocycles. The fourth-order valence-corrected chi connectivity index (χ4v) is 1.02. The number of imidazole rings is 1. The van der Waals surface area contributed by atoms with Gasteiger partial charge in [-0.25, -0.2) is 4.98 Å². The first-order valence-electron chi connectivity index (χ1n) is 3.74. The molecule has 0 amide bonds. The van der Waals surface area contributed by atoms with Crippen LogP contribution in [0, 0.1) is 0 Å². The molecule has 1 aromatic heterocycles. The summed E-state index contributed by atoms with van der Waals surface area (Å²) in [5, 5.41) is 8.44. The van der Waals surface area contributed by atoms with Crippen LogP contribution in [-0.4, -0.2) is 14.8 Å². The summed E-state index contributed by atoms with van der Waals surface area (Å²) in [6.45, 7) is 3.52. The van der Waals surface area contributed by atoms with Crippen LogP contribution in [-0.2, 0) is 13.1 Å². The highest BCUT2D eigenvalue weighted by Gasteiger charge is 1.98. The molecular weight excluding hydrogens is 142 g/mol. The smallest absolute Gasteiger partial charge is 0.0948 e. The normalized spacial score (nSPS) is 10.4. The van der Waals surface area contributed by atoms with Crippen molar-refractivity contribution in [2.24, 2.45) is 0 Å². The summed E-state index contributed by atoms with van der Waals surface area (Å²) in [6.07, 6.45) is 4.60. The van der Waals surface area contributed by atoms with Gasteiger partial charge in [-0.3, -0.25) is 0 Å². The summed E-state index contributed by atoms with van der Waals surface area (Å²) in [6, 6.07) is 0. The molecule has 4 nitrogen and oxygen atoms in total. The van der Waals surface area contributed by atoms with Gasteiger partial charge in [0.05, 0.1) is 18.6 Å². The standard InChI is InChI=1S/C7H13N3O/c1-2-3-10-6-8-4-7(10)5-9-11/h4,6,9,11H,2-3,5H2,1H3. The van der Waals surface area contributed by atoms with E-state index in [1.807, 2.05) is 4.57 Å². The van der Waals surface area contributed by atoms with E-state index in [0.717, 1.165) is 18.7 Å². The molecule has 0 saturated heterocycles. The third-order valence-electron chi connectivity index (χ3n) is 1.52.